The molecule has 0 aromatic carbocycles. The van der Waals surface area contributed by atoms with E-state index in [0.29, 0.717) is 24.1 Å². The Kier molecular flexibility index (Phi) is 7.70. The highest BCUT2D eigenvalue weighted by atomic mass is 16.3. The minimum atomic E-state index is 0.0497. The van der Waals surface area contributed by atoms with Crippen molar-refractivity contribution in [3.8, 4) is 0 Å². The maximum absolute atomic E-state index is 8.93. The number of hydrogen-bond donors (Lipinski definition) is 3. The Morgan fingerprint density at radius 3 is 1.64 bits per heavy atom. The molecule has 4 heteroatoms. The maximum Gasteiger partial charge on any atom is 0.164 e. The average molecular weight is 203 g/mol. The Balaban J connectivity index is 4.36. The van der Waals surface area contributed by atoms with Gasteiger partial charge in [0.1, 0.15) is 19.6 Å². The van der Waals surface area contributed by atoms with Crippen LogP contribution in [0.4, 0.5) is 0 Å². The van der Waals surface area contributed by atoms with Gasteiger partial charge >= 0.3 is 0 Å². The number of aliphatic hydroxyl groups is 3. The van der Waals surface area contributed by atoms with Crippen molar-refractivity contribution in [2.75, 3.05) is 39.5 Å². The molecule has 0 rings (SSSR count). The van der Waals surface area contributed by atoms with E-state index in [-0.39, 0.29) is 19.8 Å². The zero-order valence-electron chi connectivity index (χ0n) is 8.76. The average Bonchev–Trinajstić information content (AvgIpc) is 2.16. The first-order valence-corrected chi connectivity index (χ1v) is 4.90. The van der Waals surface area contributed by atoms with Crippen LogP contribution in [0.3, 0.4) is 0 Å². The van der Waals surface area contributed by atoms with Gasteiger partial charge in [-0.25, -0.2) is 0 Å². The van der Waals surface area contributed by atoms with Crippen molar-refractivity contribution in [3.63, 3.8) is 0 Å². The van der Waals surface area contributed by atoms with Crippen LogP contribution in [0, 0.1) is 6.54 Å². The zero-order chi connectivity index (χ0) is 10.9. The largest absolute Gasteiger partial charge is 0.391 e. The molecule has 0 amide bonds. The molecule has 0 aliphatic carbocycles. The maximum atomic E-state index is 8.93. The molecular formula is C10H21NO3+. The fourth-order valence-corrected chi connectivity index (χ4v) is 1.43. The normalized spacial score (nSPS) is 12.6. The number of rotatable bonds is 8. The lowest BCUT2D eigenvalue weighted by molar-refractivity contribution is -0.897. The molecule has 0 aliphatic rings. The highest BCUT2D eigenvalue weighted by Crippen LogP contribution is 2.10. The summed E-state index contributed by atoms with van der Waals surface area (Å²) in [6.07, 6.45) is 3.76. The van der Waals surface area contributed by atoms with Crippen molar-refractivity contribution < 1.29 is 19.8 Å². The van der Waals surface area contributed by atoms with Gasteiger partial charge in [-0.2, -0.15) is 0 Å². The van der Waals surface area contributed by atoms with Crippen LogP contribution in [-0.2, 0) is 0 Å². The molecule has 0 saturated carbocycles. The minimum absolute atomic E-state index is 0.0497. The fourth-order valence-electron chi connectivity index (χ4n) is 1.43. The predicted molar refractivity (Wildman–Crippen MR) is 55.2 cm³/mol. The first-order chi connectivity index (χ1) is 6.74. The fraction of sp³-hybridized carbons (Fsp3) is 0.700. The minimum Gasteiger partial charge on any atom is -0.391 e. The summed E-state index contributed by atoms with van der Waals surface area (Å²) in [6.45, 7) is 5.52. The molecule has 0 aliphatic heterocycles. The van der Waals surface area contributed by atoms with Gasteiger partial charge in [-0.1, -0.05) is 6.08 Å². The van der Waals surface area contributed by atoms with E-state index in [9.17, 15) is 0 Å². The molecule has 14 heavy (non-hydrogen) atoms. The second kappa shape index (κ2) is 7.94. The van der Waals surface area contributed by atoms with Crippen molar-refractivity contribution >= 4 is 0 Å². The van der Waals surface area contributed by atoms with E-state index in [1.165, 1.54) is 0 Å². The Hall–Kier alpha value is -0.420. The standard InChI is InChI=1S/C10H21NO3/c1-2-3-4-11(5-8-12,6-9-13)7-10-14/h2-4,12-14H,5-10H2,1H3/q+1. The third kappa shape index (κ3) is 4.72. The van der Waals surface area contributed by atoms with Crippen LogP contribution in [0.15, 0.2) is 12.2 Å². The van der Waals surface area contributed by atoms with Crippen LogP contribution in [0.1, 0.15) is 6.92 Å². The van der Waals surface area contributed by atoms with E-state index < -0.39 is 0 Å². The molecule has 0 bridgehead atoms. The van der Waals surface area contributed by atoms with Crippen molar-refractivity contribution in [1.29, 1.82) is 0 Å². The Labute approximate surface area is 85.7 Å². The molecule has 0 saturated heterocycles. The molecule has 0 spiro atoms. The smallest absolute Gasteiger partial charge is 0.164 e. The number of aliphatic hydroxyl groups excluding tert-OH is 3. The van der Waals surface area contributed by atoms with Gasteiger partial charge in [0.15, 0.2) is 6.54 Å². The van der Waals surface area contributed by atoms with E-state index in [0.717, 1.165) is 0 Å². The quantitative estimate of drug-likeness (QED) is 0.467. The molecule has 0 fully saturated rings. The lowest BCUT2D eigenvalue weighted by Crippen LogP contribution is -2.50. The van der Waals surface area contributed by atoms with Crippen molar-refractivity contribution in [2.45, 2.75) is 6.92 Å². The van der Waals surface area contributed by atoms with Gasteiger partial charge in [0.25, 0.3) is 0 Å². The summed E-state index contributed by atoms with van der Waals surface area (Å²) in [5, 5.41) is 26.8. The molecule has 83 valence electrons. The molecule has 0 heterocycles. The van der Waals surface area contributed by atoms with Gasteiger partial charge in [-0.15, -0.1) is 0 Å². The molecule has 0 atom stereocenters. The Morgan fingerprint density at radius 2 is 1.36 bits per heavy atom. The molecule has 3 N–H and O–H groups in total. The van der Waals surface area contributed by atoms with Crippen molar-refractivity contribution in [2.24, 2.45) is 0 Å². The van der Waals surface area contributed by atoms with Gasteiger partial charge in [-0.3, -0.25) is 0 Å². The SMILES string of the molecule is CC=C[CH][N+](CCO)(CCO)CCO. The first kappa shape index (κ1) is 13.6. The van der Waals surface area contributed by atoms with Crippen LogP contribution >= 0.6 is 0 Å². The lowest BCUT2D eigenvalue weighted by Gasteiger charge is -2.35. The van der Waals surface area contributed by atoms with E-state index in [2.05, 4.69) is 0 Å². The van der Waals surface area contributed by atoms with Gasteiger partial charge in [0, 0.05) is 0 Å². The summed E-state index contributed by atoms with van der Waals surface area (Å²) < 4.78 is 0.424. The van der Waals surface area contributed by atoms with Gasteiger partial charge in [-0.05, 0) is 13.0 Å². The lowest BCUT2D eigenvalue weighted by atomic mass is 10.3. The summed E-state index contributed by atoms with van der Waals surface area (Å²) in [7, 11) is 0. The van der Waals surface area contributed by atoms with Crippen LogP contribution in [-0.4, -0.2) is 59.3 Å². The summed E-state index contributed by atoms with van der Waals surface area (Å²) in [6, 6.07) is 0. The molecule has 4 nitrogen and oxygen atoms in total. The third-order valence-corrected chi connectivity index (χ3v) is 2.23. The number of allylic oxidation sites excluding steroid dienone is 1. The van der Waals surface area contributed by atoms with Crippen molar-refractivity contribution in [3.05, 3.63) is 18.7 Å². The van der Waals surface area contributed by atoms with E-state index in [4.69, 9.17) is 15.3 Å². The van der Waals surface area contributed by atoms with Gasteiger partial charge in [0.05, 0.1) is 19.8 Å². The van der Waals surface area contributed by atoms with E-state index in [1.807, 2.05) is 25.6 Å². The molecule has 1 radical (unpaired) electrons. The van der Waals surface area contributed by atoms with Crippen molar-refractivity contribution in [1.82, 2.24) is 0 Å². The number of nitrogens with zero attached hydrogens (tertiary/aromatic N) is 1. The topological polar surface area (TPSA) is 60.7 Å². The van der Waals surface area contributed by atoms with Crippen LogP contribution in [0.25, 0.3) is 0 Å². The highest BCUT2D eigenvalue weighted by Gasteiger charge is 2.25. The van der Waals surface area contributed by atoms with E-state index >= 15 is 0 Å². The van der Waals surface area contributed by atoms with Gasteiger partial charge < -0.3 is 19.8 Å². The number of hydrogen-bond acceptors (Lipinski definition) is 3. The second-order valence-electron chi connectivity index (χ2n) is 3.24. The molecule has 0 aromatic heterocycles. The molecular weight excluding hydrogens is 182 g/mol. The van der Waals surface area contributed by atoms with Crippen LogP contribution in [0.5, 0.6) is 0 Å². The third-order valence-electron chi connectivity index (χ3n) is 2.23. The van der Waals surface area contributed by atoms with E-state index in [1.54, 1.807) is 0 Å². The van der Waals surface area contributed by atoms with Crippen LogP contribution < -0.4 is 0 Å². The monoisotopic (exact) mass is 203 g/mol. The zero-order valence-corrected chi connectivity index (χ0v) is 8.76. The number of quaternary nitrogens is 1. The predicted octanol–water partition coefficient (Wildman–Crippen LogP) is -0.482. The molecule has 0 aromatic rings. The Morgan fingerprint density at radius 1 is 0.929 bits per heavy atom. The summed E-state index contributed by atoms with van der Waals surface area (Å²) in [4.78, 5) is 0. The van der Waals surface area contributed by atoms with Crippen LogP contribution in [0.2, 0.25) is 0 Å². The summed E-state index contributed by atoms with van der Waals surface area (Å²) in [5.41, 5.74) is 0. The summed E-state index contributed by atoms with van der Waals surface area (Å²) >= 11 is 0. The second-order valence-corrected chi connectivity index (χ2v) is 3.24. The Bertz CT molecular complexity index is 142. The summed E-state index contributed by atoms with van der Waals surface area (Å²) in [5.74, 6) is 0. The molecule has 0 unspecified atom stereocenters. The highest BCUT2D eigenvalue weighted by molar-refractivity contribution is 4.86. The first-order valence-electron chi connectivity index (χ1n) is 4.90. The van der Waals surface area contributed by atoms with Gasteiger partial charge in [0.2, 0.25) is 0 Å².